The van der Waals surface area contributed by atoms with Crippen LogP contribution in [0.4, 0.5) is 11.5 Å². The van der Waals surface area contributed by atoms with Gasteiger partial charge in [0.1, 0.15) is 5.82 Å². The molecule has 1 unspecified atom stereocenters. The molecule has 4 heterocycles. The SMILES string of the molecule is Cc1ccnc(-c2ccnn2C)c1-c1cc(N)c2cnc(NC(=O)[C@@H]3CC3c3cnn(C)c3)cc2c1. The van der Waals surface area contributed by atoms with E-state index in [-0.39, 0.29) is 17.7 Å². The fourth-order valence-corrected chi connectivity index (χ4v) is 4.93. The Labute approximate surface area is 208 Å². The number of aromatic nitrogens is 6. The summed E-state index contributed by atoms with van der Waals surface area (Å²) >= 11 is 0. The van der Waals surface area contributed by atoms with Gasteiger partial charge < -0.3 is 11.1 Å². The number of hydrogen-bond donors (Lipinski definition) is 2. The molecule has 1 aromatic carbocycles. The second kappa shape index (κ2) is 8.30. The highest BCUT2D eigenvalue weighted by Gasteiger charge is 2.44. The van der Waals surface area contributed by atoms with Crippen molar-refractivity contribution in [3.63, 3.8) is 0 Å². The Morgan fingerprint density at radius 1 is 1.08 bits per heavy atom. The van der Waals surface area contributed by atoms with Crippen LogP contribution in [0.1, 0.15) is 23.5 Å². The highest BCUT2D eigenvalue weighted by molar-refractivity contribution is 6.01. The Morgan fingerprint density at radius 2 is 1.94 bits per heavy atom. The van der Waals surface area contributed by atoms with Crippen LogP contribution >= 0.6 is 0 Å². The maximum atomic E-state index is 12.9. The van der Waals surface area contributed by atoms with Gasteiger partial charge in [0.2, 0.25) is 5.91 Å². The molecule has 1 saturated carbocycles. The van der Waals surface area contributed by atoms with E-state index >= 15 is 0 Å². The second-order valence-corrected chi connectivity index (χ2v) is 9.43. The zero-order valence-electron chi connectivity index (χ0n) is 20.3. The van der Waals surface area contributed by atoms with Crippen LogP contribution in [-0.2, 0) is 18.9 Å². The number of nitrogens with two attached hydrogens (primary N) is 1. The van der Waals surface area contributed by atoms with E-state index in [1.54, 1.807) is 23.3 Å². The summed E-state index contributed by atoms with van der Waals surface area (Å²) in [5, 5.41) is 13.2. The van der Waals surface area contributed by atoms with Gasteiger partial charge in [0, 0.05) is 61.4 Å². The lowest BCUT2D eigenvalue weighted by atomic mass is 9.95. The van der Waals surface area contributed by atoms with Crippen molar-refractivity contribution in [2.75, 3.05) is 11.1 Å². The number of aryl methyl sites for hydroxylation is 3. The van der Waals surface area contributed by atoms with Crippen molar-refractivity contribution in [1.82, 2.24) is 29.5 Å². The normalized spacial score (nSPS) is 16.9. The molecule has 6 rings (SSSR count). The fourth-order valence-electron chi connectivity index (χ4n) is 4.93. The first-order valence-corrected chi connectivity index (χ1v) is 11.8. The molecule has 4 aromatic heterocycles. The standard InChI is InChI=1S/C27H26N8O/c1-15-4-6-29-26(23-5-7-31-35(23)3)25(15)17-8-16-10-24(30-13-21(16)22(28)9-17)33-27(36)20-11-19(20)18-12-32-34(2)14-18/h4-10,12-14,19-20H,11,28H2,1-3H3,(H,30,33,36)/t19?,20-/m1/s1. The van der Waals surface area contributed by atoms with Crippen LogP contribution in [0, 0.1) is 12.8 Å². The van der Waals surface area contributed by atoms with Gasteiger partial charge >= 0.3 is 0 Å². The van der Waals surface area contributed by atoms with Crippen LogP contribution in [0.3, 0.4) is 0 Å². The Hall–Kier alpha value is -4.53. The number of carbonyl (C=O) groups excluding carboxylic acids is 1. The topological polar surface area (TPSA) is 117 Å². The molecule has 5 aromatic rings. The van der Waals surface area contributed by atoms with E-state index in [0.29, 0.717) is 11.5 Å². The molecule has 1 aliphatic carbocycles. The molecule has 1 aliphatic rings. The third-order valence-electron chi connectivity index (χ3n) is 6.91. The lowest BCUT2D eigenvalue weighted by Crippen LogP contribution is -2.15. The molecule has 0 bridgehead atoms. The van der Waals surface area contributed by atoms with Crippen LogP contribution in [0.25, 0.3) is 33.3 Å². The third kappa shape index (κ3) is 3.78. The maximum Gasteiger partial charge on any atom is 0.229 e. The van der Waals surface area contributed by atoms with Crippen LogP contribution in [0.2, 0.25) is 0 Å². The smallest absolute Gasteiger partial charge is 0.229 e. The van der Waals surface area contributed by atoms with Gasteiger partial charge in [-0.2, -0.15) is 10.2 Å². The van der Waals surface area contributed by atoms with Gasteiger partial charge in [0.05, 0.1) is 17.6 Å². The number of nitrogens with one attached hydrogen (secondary N) is 1. The first kappa shape index (κ1) is 22.0. The quantitative estimate of drug-likeness (QED) is 0.368. The maximum absolute atomic E-state index is 12.9. The van der Waals surface area contributed by atoms with E-state index in [1.165, 1.54) is 0 Å². The molecular formula is C27H26N8O. The van der Waals surface area contributed by atoms with E-state index in [2.05, 4.69) is 38.5 Å². The number of rotatable bonds is 5. The molecule has 0 saturated heterocycles. The van der Waals surface area contributed by atoms with E-state index in [9.17, 15) is 4.79 Å². The zero-order chi connectivity index (χ0) is 25.0. The molecule has 36 heavy (non-hydrogen) atoms. The molecule has 0 radical (unpaired) electrons. The monoisotopic (exact) mass is 478 g/mol. The van der Waals surface area contributed by atoms with Crippen molar-refractivity contribution in [3.8, 4) is 22.5 Å². The lowest BCUT2D eigenvalue weighted by molar-refractivity contribution is -0.117. The predicted octanol–water partition coefficient (Wildman–Crippen LogP) is 4.06. The Balaban J connectivity index is 1.33. The number of nitrogen functional groups attached to an aromatic ring is 1. The van der Waals surface area contributed by atoms with Crippen LogP contribution < -0.4 is 11.1 Å². The number of benzene rings is 1. The van der Waals surface area contributed by atoms with Crippen molar-refractivity contribution in [1.29, 1.82) is 0 Å². The minimum absolute atomic E-state index is 0.0265. The van der Waals surface area contributed by atoms with Crippen LogP contribution in [0.15, 0.2) is 61.3 Å². The molecule has 0 spiro atoms. The van der Waals surface area contributed by atoms with E-state index in [0.717, 1.165) is 50.8 Å². The lowest BCUT2D eigenvalue weighted by Gasteiger charge is -2.14. The number of fused-ring (bicyclic) bond motifs is 1. The molecule has 180 valence electrons. The van der Waals surface area contributed by atoms with Gasteiger partial charge in [-0.05, 0) is 71.7 Å². The largest absolute Gasteiger partial charge is 0.398 e. The number of amides is 1. The molecule has 3 N–H and O–H groups in total. The number of anilines is 2. The molecule has 2 atom stereocenters. The van der Waals surface area contributed by atoms with Crippen LogP contribution in [0.5, 0.6) is 0 Å². The first-order valence-electron chi connectivity index (χ1n) is 11.8. The number of hydrogen-bond acceptors (Lipinski definition) is 6. The number of pyridine rings is 2. The minimum Gasteiger partial charge on any atom is -0.398 e. The molecule has 1 fully saturated rings. The van der Waals surface area contributed by atoms with Gasteiger partial charge in [0.15, 0.2) is 0 Å². The zero-order valence-corrected chi connectivity index (χ0v) is 20.3. The summed E-state index contributed by atoms with van der Waals surface area (Å²) in [5.41, 5.74) is 13.0. The highest BCUT2D eigenvalue weighted by atomic mass is 16.2. The summed E-state index contributed by atoms with van der Waals surface area (Å²) in [6, 6.07) is 9.84. The molecular weight excluding hydrogens is 452 g/mol. The summed E-state index contributed by atoms with van der Waals surface area (Å²) in [6.07, 6.45) is 9.90. The number of nitrogens with zero attached hydrogens (tertiary/aromatic N) is 6. The third-order valence-corrected chi connectivity index (χ3v) is 6.91. The van der Waals surface area contributed by atoms with Gasteiger partial charge in [-0.1, -0.05) is 0 Å². The first-order chi connectivity index (χ1) is 17.4. The van der Waals surface area contributed by atoms with Gasteiger partial charge in [-0.3, -0.25) is 19.1 Å². The summed E-state index contributed by atoms with van der Waals surface area (Å²) in [6.45, 7) is 2.06. The molecule has 9 nitrogen and oxygen atoms in total. The van der Waals surface area contributed by atoms with Crippen molar-refractivity contribution in [2.24, 2.45) is 20.0 Å². The highest BCUT2D eigenvalue weighted by Crippen LogP contribution is 2.48. The van der Waals surface area contributed by atoms with Gasteiger partial charge in [0.25, 0.3) is 0 Å². The predicted molar refractivity (Wildman–Crippen MR) is 139 cm³/mol. The average molecular weight is 479 g/mol. The van der Waals surface area contributed by atoms with E-state index < -0.39 is 0 Å². The van der Waals surface area contributed by atoms with E-state index in [1.807, 2.05) is 55.4 Å². The van der Waals surface area contributed by atoms with Crippen molar-refractivity contribution >= 4 is 28.2 Å². The molecule has 0 aliphatic heterocycles. The van der Waals surface area contributed by atoms with Gasteiger partial charge in [-0.25, -0.2) is 4.98 Å². The summed E-state index contributed by atoms with van der Waals surface area (Å²) in [5.74, 6) is 0.625. The molecule has 9 heteroatoms. The summed E-state index contributed by atoms with van der Waals surface area (Å²) in [7, 11) is 3.78. The Kier molecular flexibility index (Phi) is 5.06. The Bertz CT molecular complexity index is 1630. The summed E-state index contributed by atoms with van der Waals surface area (Å²) < 4.78 is 3.57. The molecule has 1 amide bonds. The van der Waals surface area contributed by atoms with Crippen molar-refractivity contribution in [3.05, 3.63) is 72.4 Å². The Morgan fingerprint density at radius 3 is 2.69 bits per heavy atom. The number of carbonyl (C=O) groups is 1. The van der Waals surface area contributed by atoms with Crippen molar-refractivity contribution in [2.45, 2.75) is 19.3 Å². The summed E-state index contributed by atoms with van der Waals surface area (Å²) in [4.78, 5) is 22.0. The van der Waals surface area contributed by atoms with Crippen LogP contribution in [-0.4, -0.2) is 35.4 Å². The minimum atomic E-state index is -0.0670. The van der Waals surface area contributed by atoms with Crippen molar-refractivity contribution < 1.29 is 4.79 Å². The second-order valence-electron chi connectivity index (χ2n) is 9.43. The average Bonchev–Trinajstić information content (AvgIpc) is 3.36. The fraction of sp³-hybridized carbons (Fsp3) is 0.222. The van der Waals surface area contributed by atoms with Gasteiger partial charge in [-0.15, -0.1) is 0 Å². The van der Waals surface area contributed by atoms with E-state index in [4.69, 9.17) is 5.73 Å².